The summed E-state index contributed by atoms with van der Waals surface area (Å²) in [5.74, 6) is 0.802. The van der Waals surface area contributed by atoms with Gasteiger partial charge in [-0.2, -0.15) is 5.10 Å². The molecule has 224 valence electrons. The number of methoxy groups -OCH3 is 2. The summed E-state index contributed by atoms with van der Waals surface area (Å²) in [5, 5.41) is 7.62. The Morgan fingerprint density at radius 1 is 1.05 bits per heavy atom. The molecule has 0 bridgehead atoms. The molecule has 1 unspecified atom stereocenters. The van der Waals surface area contributed by atoms with Crippen molar-refractivity contribution in [3.63, 3.8) is 0 Å². The summed E-state index contributed by atoms with van der Waals surface area (Å²) in [6.45, 7) is 6.24. The number of amides is 2. The van der Waals surface area contributed by atoms with E-state index in [4.69, 9.17) is 14.6 Å². The van der Waals surface area contributed by atoms with E-state index in [1.165, 1.54) is 28.8 Å². The summed E-state index contributed by atoms with van der Waals surface area (Å²) in [7, 11) is 3.16. The number of nitrogens with zero attached hydrogens (tertiary/aromatic N) is 4. The van der Waals surface area contributed by atoms with E-state index in [-0.39, 0.29) is 35.2 Å². The Bertz CT molecular complexity index is 1620. The number of fused-ring (bicyclic) bond motifs is 1. The molecule has 0 saturated heterocycles. The first-order chi connectivity index (χ1) is 20.6. The van der Waals surface area contributed by atoms with Gasteiger partial charge in [0.05, 0.1) is 36.6 Å². The van der Waals surface area contributed by atoms with Gasteiger partial charge in [0.25, 0.3) is 0 Å². The van der Waals surface area contributed by atoms with Gasteiger partial charge in [-0.15, -0.1) is 11.8 Å². The van der Waals surface area contributed by atoms with Gasteiger partial charge >= 0.3 is 0 Å². The van der Waals surface area contributed by atoms with Gasteiger partial charge in [0.2, 0.25) is 11.8 Å². The van der Waals surface area contributed by atoms with Crippen LogP contribution in [0.25, 0.3) is 5.69 Å². The number of ether oxygens (including phenoxy) is 2. The number of anilines is 1. The molecule has 2 amide bonds. The van der Waals surface area contributed by atoms with E-state index >= 15 is 0 Å². The van der Waals surface area contributed by atoms with Crippen LogP contribution in [0, 0.1) is 5.82 Å². The Morgan fingerprint density at radius 3 is 2.40 bits per heavy atom. The molecule has 1 aliphatic rings. The topological polar surface area (TPSA) is 98.6 Å². The van der Waals surface area contributed by atoms with E-state index in [1.54, 1.807) is 43.4 Å². The molecular formula is C32H34FN5O4S. The smallest absolute Gasteiger partial charge is 0.240 e. The summed E-state index contributed by atoms with van der Waals surface area (Å²) >= 11 is 1.46. The number of hydrogen-bond acceptors (Lipinski definition) is 7. The van der Waals surface area contributed by atoms with Crippen LogP contribution in [0.4, 0.5) is 10.2 Å². The molecule has 11 heteroatoms. The average molecular weight is 604 g/mol. The lowest BCUT2D eigenvalue weighted by Gasteiger charge is -2.25. The molecule has 2 aromatic carbocycles. The van der Waals surface area contributed by atoms with Crippen LogP contribution < -0.4 is 19.7 Å². The zero-order valence-corrected chi connectivity index (χ0v) is 25.6. The number of carbonyl (C=O) groups excluding carboxylic acids is 2. The predicted octanol–water partition coefficient (Wildman–Crippen LogP) is 5.21. The fourth-order valence-electron chi connectivity index (χ4n) is 5.02. The van der Waals surface area contributed by atoms with Crippen LogP contribution in [0.3, 0.4) is 0 Å². The maximum atomic E-state index is 14.0. The van der Waals surface area contributed by atoms with Gasteiger partial charge in [0.15, 0.2) is 11.5 Å². The highest BCUT2D eigenvalue weighted by molar-refractivity contribution is 8.00. The number of nitrogens with one attached hydrogen (secondary N) is 1. The van der Waals surface area contributed by atoms with Crippen molar-refractivity contribution < 1.29 is 23.5 Å². The number of pyridine rings is 1. The third-order valence-corrected chi connectivity index (χ3v) is 8.38. The van der Waals surface area contributed by atoms with Crippen LogP contribution >= 0.6 is 11.8 Å². The van der Waals surface area contributed by atoms with Crippen LogP contribution in [-0.4, -0.2) is 53.1 Å². The number of benzene rings is 2. The highest BCUT2D eigenvalue weighted by atomic mass is 32.2. The van der Waals surface area contributed by atoms with Crippen molar-refractivity contribution in [3.05, 3.63) is 95.2 Å². The molecule has 1 aliphatic heterocycles. The lowest BCUT2D eigenvalue weighted by molar-refractivity contribution is -0.123. The molecule has 1 atom stereocenters. The molecule has 9 nitrogen and oxygen atoms in total. The van der Waals surface area contributed by atoms with Crippen molar-refractivity contribution >= 4 is 29.4 Å². The predicted molar refractivity (Wildman–Crippen MR) is 165 cm³/mol. The van der Waals surface area contributed by atoms with Crippen LogP contribution in [0.5, 0.6) is 11.5 Å². The second kappa shape index (κ2) is 12.5. The molecule has 0 aliphatic carbocycles. The largest absolute Gasteiger partial charge is 0.493 e. The zero-order chi connectivity index (χ0) is 30.7. The van der Waals surface area contributed by atoms with Crippen LogP contribution in [0.15, 0.2) is 67.0 Å². The number of aromatic nitrogens is 3. The third kappa shape index (κ3) is 6.36. The zero-order valence-electron chi connectivity index (χ0n) is 24.8. The van der Waals surface area contributed by atoms with Crippen molar-refractivity contribution in [1.82, 2.24) is 20.1 Å². The van der Waals surface area contributed by atoms with Crippen LogP contribution in [0.1, 0.15) is 48.4 Å². The summed E-state index contributed by atoms with van der Waals surface area (Å²) in [6, 6.07) is 15.3. The van der Waals surface area contributed by atoms with E-state index in [0.29, 0.717) is 29.5 Å². The van der Waals surface area contributed by atoms with Gasteiger partial charge in [-0.05, 0) is 59.7 Å². The van der Waals surface area contributed by atoms with Crippen LogP contribution in [-0.2, 0) is 21.5 Å². The maximum Gasteiger partial charge on any atom is 0.240 e. The maximum absolute atomic E-state index is 14.0. The Kier molecular flexibility index (Phi) is 8.72. The third-order valence-electron chi connectivity index (χ3n) is 7.12. The van der Waals surface area contributed by atoms with Gasteiger partial charge in [-0.25, -0.2) is 9.07 Å². The standard InChI is InChI=1S/C32H34FN5O4S/c1-32(2,3)30-28-29(21-6-11-24(41-4)25(16-21)42-5)43-19-27(40)37(18-26(39)35-17-20-12-14-34-15-13-20)31(28)38(36-30)23-9-7-22(33)8-10-23/h6-16,29H,17-19H2,1-5H3,(H,35,39). The number of rotatable bonds is 8. The summed E-state index contributed by atoms with van der Waals surface area (Å²) in [5.41, 5.74) is 3.48. The molecule has 2 aromatic heterocycles. The minimum atomic E-state index is -0.437. The minimum absolute atomic E-state index is 0.123. The SMILES string of the molecule is COc1ccc(C2SCC(=O)N(CC(=O)NCc3ccncc3)c3c2c(C(C)(C)C)nn3-c2ccc(F)cc2)cc1OC. The number of halogens is 1. The second-order valence-electron chi connectivity index (χ2n) is 11.1. The quantitative estimate of drug-likeness (QED) is 0.295. The fourth-order valence-corrected chi connectivity index (χ4v) is 6.20. The molecule has 4 aromatic rings. The molecule has 0 spiro atoms. The Hall–Kier alpha value is -4.38. The van der Waals surface area contributed by atoms with Crippen molar-refractivity contribution in [1.29, 1.82) is 0 Å². The van der Waals surface area contributed by atoms with E-state index < -0.39 is 5.41 Å². The Labute approximate surface area is 254 Å². The van der Waals surface area contributed by atoms with E-state index in [0.717, 1.165) is 22.4 Å². The summed E-state index contributed by atoms with van der Waals surface area (Å²) < 4.78 is 26.7. The highest BCUT2D eigenvalue weighted by Crippen LogP contribution is 2.49. The molecule has 0 fully saturated rings. The Balaban J connectivity index is 1.67. The van der Waals surface area contributed by atoms with Crippen molar-refractivity contribution in [2.45, 2.75) is 38.0 Å². The first-order valence-corrected chi connectivity index (χ1v) is 14.8. The highest BCUT2D eigenvalue weighted by Gasteiger charge is 2.40. The lowest BCUT2D eigenvalue weighted by atomic mass is 9.87. The van der Waals surface area contributed by atoms with E-state index in [1.807, 2.05) is 30.3 Å². The van der Waals surface area contributed by atoms with Gasteiger partial charge in [0.1, 0.15) is 18.2 Å². The molecule has 3 heterocycles. The number of carbonyl (C=O) groups is 2. The molecule has 0 saturated carbocycles. The minimum Gasteiger partial charge on any atom is -0.493 e. The van der Waals surface area contributed by atoms with Gasteiger partial charge < -0.3 is 14.8 Å². The van der Waals surface area contributed by atoms with E-state index in [2.05, 4.69) is 31.1 Å². The van der Waals surface area contributed by atoms with E-state index in [9.17, 15) is 14.0 Å². The summed E-state index contributed by atoms with van der Waals surface area (Å²) in [6.07, 6.45) is 3.32. The lowest BCUT2D eigenvalue weighted by Crippen LogP contribution is -2.42. The molecule has 5 rings (SSSR count). The normalized spacial score (nSPS) is 15.1. The van der Waals surface area contributed by atoms with Crippen molar-refractivity contribution in [2.24, 2.45) is 0 Å². The van der Waals surface area contributed by atoms with Gasteiger partial charge in [-0.3, -0.25) is 19.5 Å². The van der Waals surface area contributed by atoms with Crippen molar-refractivity contribution in [2.75, 3.05) is 31.4 Å². The summed E-state index contributed by atoms with van der Waals surface area (Å²) in [4.78, 5) is 32.7. The first kappa shape index (κ1) is 30.1. The Morgan fingerprint density at radius 2 is 1.74 bits per heavy atom. The van der Waals surface area contributed by atoms with Crippen molar-refractivity contribution in [3.8, 4) is 17.2 Å². The number of thioether (sulfide) groups is 1. The average Bonchev–Trinajstić information content (AvgIpc) is 3.34. The van der Waals surface area contributed by atoms with Gasteiger partial charge in [0, 0.05) is 29.9 Å². The molecule has 0 radical (unpaired) electrons. The van der Waals surface area contributed by atoms with Crippen LogP contribution in [0.2, 0.25) is 0 Å². The molecule has 43 heavy (non-hydrogen) atoms. The first-order valence-electron chi connectivity index (χ1n) is 13.8. The monoisotopic (exact) mass is 603 g/mol. The molecular weight excluding hydrogens is 569 g/mol. The fraction of sp³-hybridized carbons (Fsp3) is 0.312. The molecule has 1 N–H and O–H groups in total. The second-order valence-corrected chi connectivity index (χ2v) is 12.2. The van der Waals surface area contributed by atoms with Gasteiger partial charge in [-0.1, -0.05) is 26.8 Å². The number of hydrogen-bond donors (Lipinski definition) is 1.